The SMILES string of the molecule is C=C(C)CC[Si](C)(C)C. The summed E-state index contributed by atoms with van der Waals surface area (Å²) in [5.74, 6) is 0. The maximum Gasteiger partial charge on any atom is 0.0445 e. The Bertz CT molecular complexity index is 97.6. The Balaban J connectivity index is 3.39. The molecule has 0 unspecified atom stereocenters. The van der Waals surface area contributed by atoms with Crippen molar-refractivity contribution in [3.05, 3.63) is 12.2 Å². The topological polar surface area (TPSA) is 0 Å². The average molecular weight is 142 g/mol. The molecule has 0 aliphatic carbocycles. The fourth-order valence-electron chi connectivity index (χ4n) is 0.588. The predicted molar refractivity (Wildman–Crippen MR) is 47.6 cm³/mol. The maximum absolute atomic E-state index is 3.88. The van der Waals surface area contributed by atoms with E-state index in [1.54, 1.807) is 0 Å². The summed E-state index contributed by atoms with van der Waals surface area (Å²) in [7, 11) is -0.781. The number of hydrogen-bond acceptors (Lipinski definition) is 0. The number of rotatable bonds is 3. The van der Waals surface area contributed by atoms with Gasteiger partial charge in [-0.05, 0) is 13.3 Å². The van der Waals surface area contributed by atoms with Crippen molar-refractivity contribution in [2.75, 3.05) is 0 Å². The van der Waals surface area contributed by atoms with Gasteiger partial charge >= 0.3 is 0 Å². The smallest absolute Gasteiger partial charge is 0.0445 e. The molecule has 0 saturated heterocycles. The molecule has 0 radical (unpaired) electrons. The van der Waals surface area contributed by atoms with Crippen LogP contribution < -0.4 is 0 Å². The molecule has 0 amide bonds. The summed E-state index contributed by atoms with van der Waals surface area (Å²) in [5, 5.41) is 0. The average Bonchev–Trinajstić information content (AvgIpc) is 1.59. The van der Waals surface area contributed by atoms with E-state index < -0.39 is 8.07 Å². The summed E-state index contributed by atoms with van der Waals surface area (Å²) in [6.45, 7) is 13.2. The van der Waals surface area contributed by atoms with Gasteiger partial charge in [-0.3, -0.25) is 0 Å². The molecule has 0 nitrogen and oxygen atoms in total. The molecule has 9 heavy (non-hydrogen) atoms. The monoisotopic (exact) mass is 142 g/mol. The lowest BCUT2D eigenvalue weighted by molar-refractivity contribution is 1.07. The zero-order valence-electron chi connectivity index (χ0n) is 7.12. The van der Waals surface area contributed by atoms with Gasteiger partial charge in [0, 0.05) is 8.07 Å². The van der Waals surface area contributed by atoms with Gasteiger partial charge in [-0.25, -0.2) is 0 Å². The van der Waals surface area contributed by atoms with Crippen LogP contribution in [0.4, 0.5) is 0 Å². The Labute approximate surface area is 60.0 Å². The van der Waals surface area contributed by atoms with E-state index in [-0.39, 0.29) is 0 Å². The third-order valence-corrected chi connectivity index (χ3v) is 3.05. The highest BCUT2D eigenvalue weighted by Gasteiger charge is 2.11. The largest absolute Gasteiger partial charge is 0.100 e. The molecule has 0 aromatic rings. The van der Waals surface area contributed by atoms with E-state index in [2.05, 4.69) is 33.1 Å². The van der Waals surface area contributed by atoms with Gasteiger partial charge in [0.15, 0.2) is 0 Å². The molecular formula is C8H18Si. The molecule has 0 aromatic carbocycles. The summed E-state index contributed by atoms with van der Waals surface area (Å²) in [6.07, 6.45) is 1.23. The van der Waals surface area contributed by atoms with E-state index in [9.17, 15) is 0 Å². The standard InChI is InChI=1S/C8H18Si/c1-8(2)6-7-9(3,4)5/h1,6-7H2,2-5H3. The van der Waals surface area contributed by atoms with Gasteiger partial charge in [0.25, 0.3) is 0 Å². The Hall–Kier alpha value is -0.0431. The summed E-state index contributed by atoms with van der Waals surface area (Å²) in [5.41, 5.74) is 1.33. The van der Waals surface area contributed by atoms with Crippen molar-refractivity contribution in [2.45, 2.75) is 39.0 Å². The molecule has 1 heteroatoms. The van der Waals surface area contributed by atoms with Crippen LogP contribution in [0.25, 0.3) is 0 Å². The molecule has 0 spiro atoms. The lowest BCUT2D eigenvalue weighted by atomic mass is 10.3. The second-order valence-electron chi connectivity index (χ2n) is 4.02. The fourth-order valence-corrected chi connectivity index (χ4v) is 1.77. The van der Waals surface area contributed by atoms with Gasteiger partial charge in [-0.2, -0.15) is 0 Å². The molecule has 0 aliphatic heterocycles. The van der Waals surface area contributed by atoms with Gasteiger partial charge < -0.3 is 0 Å². The van der Waals surface area contributed by atoms with Crippen molar-refractivity contribution in [2.24, 2.45) is 0 Å². The van der Waals surface area contributed by atoms with Crippen LogP contribution in [0.5, 0.6) is 0 Å². The van der Waals surface area contributed by atoms with E-state index in [1.165, 1.54) is 18.0 Å². The summed E-state index contributed by atoms with van der Waals surface area (Å²) >= 11 is 0. The van der Waals surface area contributed by atoms with Gasteiger partial charge in [-0.15, -0.1) is 6.58 Å². The minimum Gasteiger partial charge on any atom is -0.100 e. The minimum absolute atomic E-state index is 0.781. The highest BCUT2D eigenvalue weighted by molar-refractivity contribution is 6.76. The third-order valence-electron chi connectivity index (χ3n) is 1.30. The molecule has 0 atom stereocenters. The molecule has 0 fully saturated rings. The molecule has 0 aliphatic rings. The highest BCUT2D eigenvalue weighted by atomic mass is 28.3. The first-order valence-corrected chi connectivity index (χ1v) is 7.27. The minimum atomic E-state index is -0.781. The van der Waals surface area contributed by atoms with E-state index in [0.717, 1.165) is 0 Å². The maximum atomic E-state index is 3.88. The third kappa shape index (κ3) is 7.96. The van der Waals surface area contributed by atoms with Gasteiger partial charge in [-0.1, -0.05) is 31.3 Å². The van der Waals surface area contributed by atoms with Crippen LogP contribution >= 0.6 is 0 Å². The number of allylic oxidation sites excluding steroid dienone is 1. The van der Waals surface area contributed by atoms with Crippen molar-refractivity contribution >= 4 is 8.07 Å². The van der Waals surface area contributed by atoms with Crippen LogP contribution in [0.1, 0.15) is 13.3 Å². The Kier molecular flexibility index (Phi) is 3.19. The summed E-state index contributed by atoms with van der Waals surface area (Å²) in [6, 6.07) is 1.39. The second kappa shape index (κ2) is 3.21. The summed E-state index contributed by atoms with van der Waals surface area (Å²) in [4.78, 5) is 0. The highest BCUT2D eigenvalue weighted by Crippen LogP contribution is 2.14. The molecule has 0 saturated carbocycles. The van der Waals surface area contributed by atoms with Crippen molar-refractivity contribution in [3.8, 4) is 0 Å². The summed E-state index contributed by atoms with van der Waals surface area (Å²) < 4.78 is 0. The van der Waals surface area contributed by atoms with Gasteiger partial charge in [0.1, 0.15) is 0 Å². The Morgan fingerprint density at radius 1 is 1.33 bits per heavy atom. The van der Waals surface area contributed by atoms with Crippen LogP contribution in [0.15, 0.2) is 12.2 Å². The lowest BCUT2D eigenvalue weighted by Gasteiger charge is -2.14. The predicted octanol–water partition coefficient (Wildman–Crippen LogP) is 3.29. The second-order valence-corrected chi connectivity index (χ2v) is 9.64. The zero-order valence-corrected chi connectivity index (χ0v) is 8.12. The van der Waals surface area contributed by atoms with Crippen molar-refractivity contribution in [3.63, 3.8) is 0 Å². The molecule has 0 heterocycles. The first kappa shape index (κ1) is 8.96. The fraction of sp³-hybridized carbons (Fsp3) is 0.750. The lowest BCUT2D eigenvalue weighted by Crippen LogP contribution is -2.18. The van der Waals surface area contributed by atoms with Crippen LogP contribution in [0, 0.1) is 0 Å². The molecule has 54 valence electrons. The van der Waals surface area contributed by atoms with Gasteiger partial charge in [0.05, 0.1) is 0 Å². The van der Waals surface area contributed by atoms with Crippen molar-refractivity contribution in [1.29, 1.82) is 0 Å². The van der Waals surface area contributed by atoms with E-state index in [0.29, 0.717) is 0 Å². The van der Waals surface area contributed by atoms with Crippen LogP contribution in [0.2, 0.25) is 25.7 Å². The molecular weight excluding hydrogens is 124 g/mol. The van der Waals surface area contributed by atoms with E-state index >= 15 is 0 Å². The Morgan fingerprint density at radius 3 is 1.89 bits per heavy atom. The van der Waals surface area contributed by atoms with Crippen LogP contribution in [0.3, 0.4) is 0 Å². The van der Waals surface area contributed by atoms with Gasteiger partial charge in [0.2, 0.25) is 0 Å². The first-order valence-electron chi connectivity index (χ1n) is 3.56. The Morgan fingerprint density at radius 2 is 1.78 bits per heavy atom. The van der Waals surface area contributed by atoms with E-state index in [4.69, 9.17) is 0 Å². The normalized spacial score (nSPS) is 11.6. The molecule has 0 aromatic heterocycles. The first-order chi connectivity index (χ1) is 3.92. The van der Waals surface area contributed by atoms with E-state index in [1.807, 2.05) is 0 Å². The van der Waals surface area contributed by atoms with Crippen molar-refractivity contribution < 1.29 is 0 Å². The van der Waals surface area contributed by atoms with Crippen molar-refractivity contribution in [1.82, 2.24) is 0 Å². The number of hydrogen-bond donors (Lipinski definition) is 0. The van der Waals surface area contributed by atoms with Crippen LogP contribution in [-0.2, 0) is 0 Å². The molecule has 0 N–H and O–H groups in total. The quantitative estimate of drug-likeness (QED) is 0.419. The molecule has 0 bridgehead atoms. The zero-order chi connectivity index (χ0) is 7.49. The van der Waals surface area contributed by atoms with Crippen LogP contribution in [-0.4, -0.2) is 8.07 Å². The molecule has 0 rings (SSSR count).